The molecular weight excluding hydrogens is 340 g/mol. The lowest BCUT2D eigenvalue weighted by Gasteiger charge is -2.32. The van der Waals surface area contributed by atoms with E-state index in [2.05, 4.69) is 64.2 Å². The molecule has 2 N–H and O–H groups in total. The van der Waals surface area contributed by atoms with Crippen molar-refractivity contribution in [2.45, 2.75) is 32.9 Å². The first kappa shape index (κ1) is 18.9. The van der Waals surface area contributed by atoms with Crippen molar-refractivity contribution in [3.05, 3.63) is 58.3 Å². The summed E-state index contributed by atoms with van der Waals surface area (Å²) < 4.78 is 0. The van der Waals surface area contributed by atoms with E-state index >= 15 is 0 Å². The van der Waals surface area contributed by atoms with Gasteiger partial charge in [-0.1, -0.05) is 36.4 Å². The van der Waals surface area contributed by atoms with E-state index in [0.717, 1.165) is 38.1 Å². The van der Waals surface area contributed by atoms with Gasteiger partial charge in [0.25, 0.3) is 0 Å². The van der Waals surface area contributed by atoms with Crippen LogP contribution < -0.4 is 10.6 Å². The molecule has 1 saturated heterocycles. The molecule has 2 aromatic rings. The predicted octanol–water partition coefficient (Wildman–Crippen LogP) is 3.72. The Morgan fingerprint density at radius 1 is 1.12 bits per heavy atom. The number of aliphatic imine (C=N–C) groups is 1. The third-order valence-corrected chi connectivity index (χ3v) is 5.69. The van der Waals surface area contributed by atoms with E-state index in [9.17, 15) is 0 Å². The number of hydrogen-bond donors (Lipinski definition) is 2. The zero-order valence-corrected chi connectivity index (χ0v) is 16.5. The van der Waals surface area contributed by atoms with Gasteiger partial charge >= 0.3 is 0 Å². The maximum absolute atomic E-state index is 4.72. The number of thiophene rings is 1. The number of benzene rings is 1. The monoisotopic (exact) mass is 370 g/mol. The van der Waals surface area contributed by atoms with Gasteiger partial charge in [-0.25, -0.2) is 4.99 Å². The molecule has 4 nitrogen and oxygen atoms in total. The molecule has 2 heterocycles. The van der Waals surface area contributed by atoms with Crippen LogP contribution in [0.4, 0.5) is 0 Å². The van der Waals surface area contributed by atoms with Crippen LogP contribution in [-0.4, -0.2) is 37.0 Å². The Morgan fingerprint density at radius 2 is 1.92 bits per heavy atom. The van der Waals surface area contributed by atoms with E-state index < -0.39 is 0 Å². The number of nitrogens with zero attached hydrogens (tertiary/aromatic N) is 2. The van der Waals surface area contributed by atoms with Crippen molar-refractivity contribution in [2.24, 2.45) is 10.9 Å². The minimum atomic E-state index is 0.718. The Bertz CT molecular complexity index is 646. The Labute approximate surface area is 161 Å². The van der Waals surface area contributed by atoms with Gasteiger partial charge < -0.3 is 10.6 Å². The molecule has 0 unspecified atom stereocenters. The topological polar surface area (TPSA) is 39.7 Å². The molecule has 1 aromatic carbocycles. The Hall–Kier alpha value is -1.85. The van der Waals surface area contributed by atoms with Gasteiger partial charge in [-0.3, -0.25) is 4.90 Å². The van der Waals surface area contributed by atoms with Gasteiger partial charge in [-0.2, -0.15) is 0 Å². The summed E-state index contributed by atoms with van der Waals surface area (Å²) in [5, 5.41) is 9.07. The third kappa shape index (κ3) is 6.15. The molecule has 0 bridgehead atoms. The van der Waals surface area contributed by atoms with Crippen LogP contribution in [-0.2, 0) is 13.1 Å². The summed E-state index contributed by atoms with van der Waals surface area (Å²) in [7, 11) is 0. The summed E-state index contributed by atoms with van der Waals surface area (Å²) in [5.41, 5.74) is 1.24. The van der Waals surface area contributed by atoms with Gasteiger partial charge in [0.2, 0.25) is 0 Å². The fourth-order valence-corrected chi connectivity index (χ4v) is 4.05. The van der Waals surface area contributed by atoms with Crippen LogP contribution in [0.2, 0.25) is 0 Å². The van der Waals surface area contributed by atoms with Crippen LogP contribution in [0.1, 0.15) is 30.2 Å². The highest BCUT2D eigenvalue weighted by Gasteiger charge is 2.19. The van der Waals surface area contributed by atoms with Gasteiger partial charge in [0.15, 0.2) is 5.96 Å². The first-order valence-corrected chi connectivity index (χ1v) is 10.5. The van der Waals surface area contributed by atoms with Crippen molar-refractivity contribution < 1.29 is 0 Å². The molecule has 140 valence electrons. The van der Waals surface area contributed by atoms with Crippen molar-refractivity contribution in [1.29, 1.82) is 0 Å². The lowest BCUT2D eigenvalue weighted by molar-refractivity contribution is 0.179. The highest BCUT2D eigenvalue weighted by Crippen LogP contribution is 2.20. The standard InChI is InChI=1S/C21H30N4S/c1-2-22-21(23-15-18-7-4-3-5-8-18)24-16-19-10-12-25(13-11-19)17-20-9-6-14-26-20/h3-9,14,19H,2,10-13,15-17H2,1H3,(H2,22,23,24). The molecule has 3 rings (SSSR count). The number of piperidine rings is 1. The molecule has 0 saturated carbocycles. The second-order valence-electron chi connectivity index (χ2n) is 6.86. The summed E-state index contributed by atoms with van der Waals surface area (Å²) in [6.45, 7) is 8.23. The molecule has 5 heteroatoms. The summed E-state index contributed by atoms with van der Waals surface area (Å²) in [5.74, 6) is 1.66. The van der Waals surface area contributed by atoms with Gasteiger partial charge in [-0.15, -0.1) is 11.3 Å². The number of likely N-dealkylation sites (tertiary alicyclic amines) is 1. The second-order valence-corrected chi connectivity index (χ2v) is 7.89. The van der Waals surface area contributed by atoms with Crippen LogP contribution >= 0.6 is 11.3 Å². The summed E-state index contributed by atoms with van der Waals surface area (Å²) in [4.78, 5) is 8.77. The lowest BCUT2D eigenvalue weighted by Crippen LogP contribution is -2.42. The zero-order valence-electron chi connectivity index (χ0n) is 15.7. The fraction of sp³-hybridized carbons (Fsp3) is 0.476. The quantitative estimate of drug-likeness (QED) is 0.576. The molecule has 1 aromatic heterocycles. The Morgan fingerprint density at radius 3 is 2.62 bits per heavy atom. The van der Waals surface area contributed by atoms with Crippen molar-refractivity contribution in [2.75, 3.05) is 26.2 Å². The van der Waals surface area contributed by atoms with Crippen LogP contribution in [0.15, 0.2) is 52.8 Å². The lowest BCUT2D eigenvalue weighted by atomic mass is 9.97. The molecule has 1 fully saturated rings. The largest absolute Gasteiger partial charge is 0.357 e. The second kappa shape index (κ2) is 10.3. The third-order valence-electron chi connectivity index (χ3n) is 4.83. The van der Waals surface area contributed by atoms with Crippen molar-refractivity contribution in [3.8, 4) is 0 Å². The normalized spacial score (nSPS) is 16.6. The summed E-state index contributed by atoms with van der Waals surface area (Å²) in [6.07, 6.45) is 2.52. The van der Waals surface area contributed by atoms with Crippen molar-refractivity contribution >= 4 is 17.3 Å². The van der Waals surface area contributed by atoms with Gasteiger partial charge in [-0.05, 0) is 55.8 Å². The molecule has 0 spiro atoms. The van der Waals surface area contributed by atoms with E-state index in [1.807, 2.05) is 17.4 Å². The van der Waals surface area contributed by atoms with E-state index in [-0.39, 0.29) is 0 Å². The maximum atomic E-state index is 4.72. The smallest absolute Gasteiger partial charge is 0.191 e. The highest BCUT2D eigenvalue weighted by molar-refractivity contribution is 7.09. The van der Waals surface area contributed by atoms with Gasteiger partial charge in [0.05, 0.1) is 6.54 Å². The molecule has 1 aliphatic rings. The number of hydrogen-bond acceptors (Lipinski definition) is 3. The Kier molecular flexibility index (Phi) is 7.52. The molecule has 0 atom stereocenters. The molecular formula is C21H30N4S. The van der Waals surface area contributed by atoms with Crippen LogP contribution in [0, 0.1) is 5.92 Å². The van der Waals surface area contributed by atoms with E-state index in [4.69, 9.17) is 4.99 Å². The predicted molar refractivity (Wildman–Crippen MR) is 112 cm³/mol. The SMILES string of the molecule is CCNC(=NCc1ccccc1)NCC1CCN(Cc2cccs2)CC1. The number of nitrogens with one attached hydrogen (secondary N) is 2. The van der Waals surface area contributed by atoms with Crippen LogP contribution in [0.25, 0.3) is 0 Å². The average Bonchev–Trinajstić information content (AvgIpc) is 3.19. The van der Waals surface area contributed by atoms with E-state index in [1.165, 1.54) is 36.4 Å². The number of rotatable bonds is 7. The molecule has 0 amide bonds. The fourth-order valence-electron chi connectivity index (χ4n) is 3.31. The summed E-state index contributed by atoms with van der Waals surface area (Å²) in [6, 6.07) is 14.8. The van der Waals surface area contributed by atoms with Gasteiger partial charge in [0, 0.05) is 24.5 Å². The minimum absolute atomic E-state index is 0.718. The molecule has 26 heavy (non-hydrogen) atoms. The number of guanidine groups is 1. The first-order chi connectivity index (χ1) is 12.8. The zero-order chi connectivity index (χ0) is 18.0. The van der Waals surface area contributed by atoms with Gasteiger partial charge in [0.1, 0.15) is 0 Å². The van der Waals surface area contributed by atoms with Crippen LogP contribution in [0.5, 0.6) is 0 Å². The van der Waals surface area contributed by atoms with E-state index in [0.29, 0.717) is 0 Å². The average molecular weight is 371 g/mol. The highest BCUT2D eigenvalue weighted by atomic mass is 32.1. The first-order valence-electron chi connectivity index (χ1n) is 9.64. The van der Waals surface area contributed by atoms with E-state index in [1.54, 1.807) is 0 Å². The minimum Gasteiger partial charge on any atom is -0.357 e. The van der Waals surface area contributed by atoms with Crippen LogP contribution in [0.3, 0.4) is 0 Å². The van der Waals surface area contributed by atoms with Crippen molar-refractivity contribution in [3.63, 3.8) is 0 Å². The molecule has 0 aliphatic carbocycles. The molecule has 0 radical (unpaired) electrons. The summed E-state index contributed by atoms with van der Waals surface area (Å²) >= 11 is 1.86. The van der Waals surface area contributed by atoms with Crippen molar-refractivity contribution in [1.82, 2.24) is 15.5 Å². The maximum Gasteiger partial charge on any atom is 0.191 e. The Balaban J connectivity index is 1.41. The molecule has 1 aliphatic heterocycles.